The van der Waals surface area contributed by atoms with E-state index < -0.39 is 14.9 Å². The highest BCUT2D eigenvalue weighted by Crippen LogP contribution is 2.30. The predicted molar refractivity (Wildman–Crippen MR) is 92.8 cm³/mol. The van der Waals surface area contributed by atoms with Crippen LogP contribution in [0, 0.1) is 11.3 Å². The molecule has 0 radical (unpaired) electrons. The van der Waals surface area contributed by atoms with Crippen molar-refractivity contribution in [1.82, 2.24) is 4.98 Å². The number of hydrogen-bond acceptors (Lipinski definition) is 6. The lowest BCUT2D eigenvalue weighted by molar-refractivity contribution is 0.414. The Morgan fingerprint density at radius 3 is 2.32 bits per heavy atom. The second-order valence-corrected chi connectivity index (χ2v) is 7.72. The molecule has 0 fully saturated rings. The maximum atomic E-state index is 12.7. The number of nitrogens with zero attached hydrogens (tertiary/aromatic N) is 2. The Balaban J connectivity index is 2.09. The van der Waals surface area contributed by atoms with Crippen molar-refractivity contribution in [3.05, 3.63) is 58.7 Å². The van der Waals surface area contributed by atoms with Gasteiger partial charge in [-0.25, -0.2) is 8.42 Å². The number of sulfone groups is 1. The summed E-state index contributed by atoms with van der Waals surface area (Å²) in [5.41, 5.74) is 0.253. The van der Waals surface area contributed by atoms with Crippen LogP contribution in [0.15, 0.2) is 67.4 Å². The molecule has 2 aromatic carbocycles. The van der Waals surface area contributed by atoms with Crippen LogP contribution < -0.4 is 4.74 Å². The molecule has 1 aromatic heterocycles. The molecule has 25 heavy (non-hydrogen) atoms. The highest BCUT2D eigenvalue weighted by Gasteiger charge is 2.28. The van der Waals surface area contributed by atoms with Gasteiger partial charge in [-0.3, -0.25) is 0 Å². The van der Waals surface area contributed by atoms with Crippen LogP contribution in [0.2, 0.25) is 0 Å². The molecule has 0 saturated heterocycles. The fourth-order valence-corrected chi connectivity index (χ4v) is 3.64. The predicted octanol–water partition coefficient (Wildman–Crippen LogP) is 3.82. The fourth-order valence-electron chi connectivity index (χ4n) is 2.14. The van der Waals surface area contributed by atoms with Gasteiger partial charge in [0.25, 0.3) is 5.09 Å². The third-order valence-electron chi connectivity index (χ3n) is 3.41. The van der Waals surface area contributed by atoms with E-state index in [1.54, 1.807) is 42.5 Å². The lowest BCUT2D eigenvalue weighted by atomic mass is 10.2. The molecule has 0 N–H and O–H groups in total. The van der Waals surface area contributed by atoms with Gasteiger partial charge in [0.15, 0.2) is 5.69 Å². The van der Waals surface area contributed by atoms with Crippen molar-refractivity contribution in [3.8, 4) is 23.3 Å². The highest BCUT2D eigenvalue weighted by molar-refractivity contribution is 9.10. The van der Waals surface area contributed by atoms with Gasteiger partial charge in [-0.1, -0.05) is 15.9 Å². The van der Waals surface area contributed by atoms with Gasteiger partial charge >= 0.3 is 0 Å². The van der Waals surface area contributed by atoms with E-state index in [1.807, 2.05) is 0 Å². The Hall–Kier alpha value is -2.63. The van der Waals surface area contributed by atoms with Crippen LogP contribution in [0.4, 0.5) is 0 Å². The van der Waals surface area contributed by atoms with Crippen LogP contribution in [0.1, 0.15) is 5.69 Å². The van der Waals surface area contributed by atoms with Crippen LogP contribution in [0.25, 0.3) is 11.5 Å². The second-order valence-electron chi connectivity index (χ2n) is 4.95. The van der Waals surface area contributed by atoms with Gasteiger partial charge < -0.3 is 9.15 Å². The molecule has 1 heterocycles. The number of hydrogen-bond donors (Lipinski definition) is 0. The van der Waals surface area contributed by atoms with Crippen molar-refractivity contribution >= 4 is 25.8 Å². The molecule has 0 unspecified atom stereocenters. The van der Waals surface area contributed by atoms with Crippen LogP contribution in [-0.4, -0.2) is 20.5 Å². The molecular formula is C17H11BrN2O4S. The SMILES string of the molecule is COc1ccc(-c2nc(C#N)c(S(=O)(=O)c3ccc(Br)cc3)o2)cc1. The summed E-state index contributed by atoms with van der Waals surface area (Å²) in [6, 6.07) is 14.5. The lowest BCUT2D eigenvalue weighted by Gasteiger charge is -2.02. The first kappa shape index (κ1) is 17.2. The number of nitriles is 1. The van der Waals surface area contributed by atoms with Gasteiger partial charge in [-0.05, 0) is 48.5 Å². The summed E-state index contributed by atoms with van der Waals surface area (Å²) < 4.78 is 36.8. The molecule has 6 nitrogen and oxygen atoms in total. The molecule has 0 aliphatic rings. The van der Waals surface area contributed by atoms with Gasteiger partial charge in [0.2, 0.25) is 15.7 Å². The van der Waals surface area contributed by atoms with E-state index in [9.17, 15) is 13.7 Å². The molecule has 3 rings (SSSR count). The van der Waals surface area contributed by atoms with Crippen LogP contribution in [-0.2, 0) is 9.84 Å². The summed E-state index contributed by atoms with van der Waals surface area (Å²) in [6.07, 6.45) is 0. The van der Waals surface area contributed by atoms with Crippen molar-refractivity contribution in [2.75, 3.05) is 7.11 Å². The van der Waals surface area contributed by atoms with E-state index in [2.05, 4.69) is 20.9 Å². The smallest absolute Gasteiger partial charge is 0.261 e. The van der Waals surface area contributed by atoms with Crippen LogP contribution >= 0.6 is 15.9 Å². The summed E-state index contributed by atoms with van der Waals surface area (Å²) in [6.45, 7) is 0. The van der Waals surface area contributed by atoms with E-state index >= 15 is 0 Å². The maximum Gasteiger partial charge on any atom is 0.261 e. The minimum Gasteiger partial charge on any atom is -0.497 e. The number of rotatable bonds is 4. The van der Waals surface area contributed by atoms with Crippen LogP contribution in [0.5, 0.6) is 5.75 Å². The second kappa shape index (κ2) is 6.70. The minimum absolute atomic E-state index is 0.0182. The van der Waals surface area contributed by atoms with Crippen LogP contribution in [0.3, 0.4) is 0 Å². The maximum absolute atomic E-state index is 12.7. The molecule has 3 aromatic rings. The number of aromatic nitrogens is 1. The molecule has 0 spiro atoms. The quantitative estimate of drug-likeness (QED) is 0.639. The molecule has 0 aliphatic carbocycles. The number of ether oxygens (including phenoxy) is 1. The lowest BCUT2D eigenvalue weighted by Crippen LogP contribution is -2.02. The third-order valence-corrected chi connectivity index (χ3v) is 5.59. The van der Waals surface area contributed by atoms with Crippen molar-refractivity contribution in [3.63, 3.8) is 0 Å². The van der Waals surface area contributed by atoms with E-state index in [4.69, 9.17) is 9.15 Å². The first-order valence-electron chi connectivity index (χ1n) is 7.01. The minimum atomic E-state index is -4.00. The first-order valence-corrected chi connectivity index (χ1v) is 9.29. The Morgan fingerprint density at radius 2 is 1.76 bits per heavy atom. The summed E-state index contributed by atoms with van der Waals surface area (Å²) in [4.78, 5) is 4.02. The molecular weight excluding hydrogens is 408 g/mol. The first-order chi connectivity index (χ1) is 12.0. The molecule has 8 heteroatoms. The van der Waals surface area contributed by atoms with Crippen molar-refractivity contribution in [2.45, 2.75) is 9.99 Å². The molecule has 126 valence electrons. The zero-order valence-corrected chi connectivity index (χ0v) is 15.3. The zero-order chi connectivity index (χ0) is 18.0. The Kier molecular flexibility index (Phi) is 4.61. The summed E-state index contributed by atoms with van der Waals surface area (Å²) in [7, 11) is -2.46. The molecule has 0 bridgehead atoms. The van der Waals surface area contributed by atoms with Gasteiger partial charge in [0, 0.05) is 10.0 Å². The van der Waals surface area contributed by atoms with Crippen molar-refractivity contribution < 1.29 is 17.6 Å². The monoisotopic (exact) mass is 418 g/mol. The Morgan fingerprint density at radius 1 is 1.12 bits per heavy atom. The largest absolute Gasteiger partial charge is 0.497 e. The van der Waals surface area contributed by atoms with E-state index in [0.29, 0.717) is 11.3 Å². The third kappa shape index (κ3) is 3.29. The number of benzene rings is 2. The summed E-state index contributed by atoms with van der Waals surface area (Å²) in [5.74, 6) is 0.688. The fraction of sp³-hybridized carbons (Fsp3) is 0.0588. The highest BCUT2D eigenvalue weighted by atomic mass is 79.9. The number of halogens is 1. The molecule has 0 saturated carbocycles. The van der Waals surface area contributed by atoms with Gasteiger partial charge in [0.05, 0.1) is 12.0 Å². The van der Waals surface area contributed by atoms with E-state index in [1.165, 1.54) is 19.2 Å². The zero-order valence-electron chi connectivity index (χ0n) is 12.9. The van der Waals surface area contributed by atoms with Gasteiger partial charge in [-0.15, -0.1) is 0 Å². The molecule has 0 amide bonds. The van der Waals surface area contributed by atoms with Crippen molar-refractivity contribution in [2.24, 2.45) is 0 Å². The average Bonchev–Trinajstić information content (AvgIpc) is 3.07. The van der Waals surface area contributed by atoms with Gasteiger partial charge in [-0.2, -0.15) is 10.2 Å². The Labute approximate surface area is 152 Å². The summed E-state index contributed by atoms with van der Waals surface area (Å²) >= 11 is 3.25. The van der Waals surface area contributed by atoms with E-state index in [-0.39, 0.29) is 16.5 Å². The number of oxazole rings is 1. The topological polar surface area (TPSA) is 93.2 Å². The van der Waals surface area contributed by atoms with Gasteiger partial charge in [0.1, 0.15) is 11.8 Å². The average molecular weight is 419 g/mol. The number of methoxy groups -OCH3 is 1. The molecule has 0 atom stereocenters. The van der Waals surface area contributed by atoms with E-state index in [0.717, 1.165) is 4.47 Å². The normalized spacial score (nSPS) is 11.1. The Bertz CT molecular complexity index is 1050. The van der Waals surface area contributed by atoms with Crippen molar-refractivity contribution in [1.29, 1.82) is 5.26 Å². The standard InChI is InChI=1S/C17H11BrN2O4S/c1-23-13-6-2-11(3-7-13)16-20-15(10-19)17(24-16)25(21,22)14-8-4-12(18)5-9-14/h2-9H,1H3. The molecule has 0 aliphatic heterocycles. The summed E-state index contributed by atoms with van der Waals surface area (Å²) in [5, 5.41) is 8.78.